The van der Waals surface area contributed by atoms with Gasteiger partial charge in [-0.15, -0.1) is 0 Å². The Morgan fingerprint density at radius 1 is 1.31 bits per heavy atom. The maximum atomic E-state index is 10.7. The molecule has 0 saturated carbocycles. The van der Waals surface area contributed by atoms with Gasteiger partial charge in [-0.25, -0.2) is 0 Å². The fourth-order valence-corrected chi connectivity index (χ4v) is 1.22. The summed E-state index contributed by atoms with van der Waals surface area (Å²) in [6, 6.07) is 10.1. The van der Waals surface area contributed by atoms with Crippen molar-refractivity contribution < 1.29 is 9.53 Å². The molecule has 1 rings (SSSR count). The fourth-order valence-electron chi connectivity index (χ4n) is 1.22. The van der Waals surface area contributed by atoms with Crippen LogP contribution in [-0.2, 0) is 9.53 Å². The number of hydrogen-bond acceptors (Lipinski definition) is 2. The van der Waals surface area contributed by atoms with Gasteiger partial charge >= 0.3 is 5.97 Å². The largest absolute Gasteiger partial charge is 0.465 e. The Hall–Kier alpha value is -1.57. The lowest BCUT2D eigenvalue weighted by Gasteiger charge is -2.19. The quantitative estimate of drug-likeness (QED) is 0.725. The van der Waals surface area contributed by atoms with Gasteiger partial charge in [0.15, 0.2) is 0 Å². The highest BCUT2D eigenvalue weighted by atomic mass is 16.5. The van der Waals surface area contributed by atoms with Crippen LogP contribution >= 0.6 is 0 Å². The minimum Gasteiger partial charge on any atom is -0.465 e. The normalized spacial score (nSPS) is 11.7. The first-order valence-electron chi connectivity index (χ1n) is 5.37. The molecule has 0 unspecified atom stereocenters. The van der Waals surface area contributed by atoms with E-state index in [-0.39, 0.29) is 11.4 Å². The van der Waals surface area contributed by atoms with Gasteiger partial charge in [0.05, 0.1) is 6.61 Å². The Morgan fingerprint density at radius 3 is 2.50 bits per heavy atom. The minimum absolute atomic E-state index is 0.137. The van der Waals surface area contributed by atoms with Crippen LogP contribution in [-0.4, -0.2) is 12.6 Å². The number of ether oxygens (including phenoxy) is 1. The predicted octanol–water partition coefficient (Wildman–Crippen LogP) is 3.29. The summed E-state index contributed by atoms with van der Waals surface area (Å²) in [5.41, 5.74) is 1.01. The van der Waals surface area contributed by atoms with Gasteiger partial charge in [-0.05, 0) is 5.56 Å². The van der Waals surface area contributed by atoms with Crippen molar-refractivity contribution >= 4 is 12.0 Å². The van der Waals surface area contributed by atoms with Gasteiger partial charge in [-0.3, -0.25) is 4.79 Å². The molecular formula is C14H18O2. The van der Waals surface area contributed by atoms with Gasteiger partial charge in [-0.1, -0.05) is 56.3 Å². The van der Waals surface area contributed by atoms with Crippen LogP contribution in [0.15, 0.2) is 36.4 Å². The summed E-state index contributed by atoms with van der Waals surface area (Å²) in [5.74, 6) is -0.235. The summed E-state index contributed by atoms with van der Waals surface area (Å²) >= 11 is 0. The molecule has 0 amide bonds. The summed E-state index contributed by atoms with van der Waals surface area (Å²) < 4.78 is 5.00. The Balaban J connectivity index is 2.58. The van der Waals surface area contributed by atoms with Gasteiger partial charge < -0.3 is 4.74 Å². The molecule has 2 heteroatoms. The third-order valence-electron chi connectivity index (χ3n) is 2.17. The average molecular weight is 218 g/mol. The van der Waals surface area contributed by atoms with E-state index in [1.165, 1.54) is 6.92 Å². The highest BCUT2D eigenvalue weighted by Crippen LogP contribution is 2.19. The van der Waals surface area contributed by atoms with Crippen molar-refractivity contribution in [3.05, 3.63) is 42.0 Å². The van der Waals surface area contributed by atoms with E-state index < -0.39 is 0 Å². The van der Waals surface area contributed by atoms with E-state index in [9.17, 15) is 4.79 Å². The molecule has 0 aliphatic carbocycles. The van der Waals surface area contributed by atoms with Gasteiger partial charge in [-0.2, -0.15) is 0 Å². The van der Waals surface area contributed by atoms with Crippen molar-refractivity contribution in [2.45, 2.75) is 20.8 Å². The molecule has 1 aromatic rings. The summed E-state index contributed by atoms with van der Waals surface area (Å²) in [6.45, 7) is 5.91. The first kappa shape index (κ1) is 12.5. The van der Waals surface area contributed by atoms with E-state index in [2.05, 4.69) is 6.08 Å². The van der Waals surface area contributed by atoms with Crippen molar-refractivity contribution in [3.8, 4) is 0 Å². The summed E-state index contributed by atoms with van der Waals surface area (Å²) in [4.78, 5) is 10.7. The molecule has 0 radical (unpaired) electrons. The third-order valence-corrected chi connectivity index (χ3v) is 2.17. The Labute approximate surface area is 96.9 Å². The zero-order chi connectivity index (χ0) is 12.0. The molecule has 0 atom stereocenters. The molecule has 2 nitrogen and oxygen atoms in total. The standard InChI is InChI=1S/C14H18O2/c1-12(15)16-11-14(2,3)10-9-13-7-5-4-6-8-13/h4-10H,11H2,1-3H3/b10-9-. The van der Waals surface area contributed by atoms with Crippen molar-refractivity contribution in [1.82, 2.24) is 0 Å². The van der Waals surface area contributed by atoms with Gasteiger partial charge in [0.2, 0.25) is 0 Å². The molecule has 1 aromatic carbocycles. The van der Waals surface area contributed by atoms with Crippen LogP contribution < -0.4 is 0 Å². The number of carbonyl (C=O) groups excluding carboxylic acids is 1. The maximum absolute atomic E-state index is 10.7. The molecule has 0 N–H and O–H groups in total. The van der Waals surface area contributed by atoms with Crippen molar-refractivity contribution in [2.75, 3.05) is 6.61 Å². The van der Waals surface area contributed by atoms with E-state index in [4.69, 9.17) is 4.74 Å². The second-order valence-corrected chi connectivity index (χ2v) is 4.51. The Kier molecular flexibility index (Phi) is 4.29. The van der Waals surface area contributed by atoms with Crippen LogP contribution in [0.25, 0.3) is 6.08 Å². The number of esters is 1. The van der Waals surface area contributed by atoms with E-state index in [1.54, 1.807) is 0 Å². The molecular weight excluding hydrogens is 200 g/mol. The maximum Gasteiger partial charge on any atom is 0.302 e. The second kappa shape index (κ2) is 5.50. The molecule has 0 fully saturated rings. The first-order chi connectivity index (χ1) is 7.49. The lowest BCUT2D eigenvalue weighted by Crippen LogP contribution is -2.18. The van der Waals surface area contributed by atoms with Crippen LogP contribution in [0, 0.1) is 5.41 Å². The zero-order valence-corrected chi connectivity index (χ0v) is 10.1. The molecule has 16 heavy (non-hydrogen) atoms. The number of hydrogen-bond donors (Lipinski definition) is 0. The van der Waals surface area contributed by atoms with Crippen LogP contribution in [0.5, 0.6) is 0 Å². The monoisotopic (exact) mass is 218 g/mol. The van der Waals surface area contributed by atoms with Crippen LogP contribution in [0.1, 0.15) is 26.3 Å². The van der Waals surface area contributed by atoms with Crippen molar-refractivity contribution in [1.29, 1.82) is 0 Å². The summed E-state index contributed by atoms with van der Waals surface area (Å²) in [5, 5.41) is 0. The van der Waals surface area contributed by atoms with Crippen LogP contribution in [0.3, 0.4) is 0 Å². The third kappa shape index (κ3) is 4.78. The van der Waals surface area contributed by atoms with E-state index in [0.29, 0.717) is 6.61 Å². The predicted molar refractivity (Wildman–Crippen MR) is 65.9 cm³/mol. The minimum atomic E-state index is -0.235. The Morgan fingerprint density at radius 2 is 1.94 bits per heavy atom. The van der Waals surface area contributed by atoms with E-state index in [0.717, 1.165) is 5.56 Å². The molecule has 0 spiro atoms. The van der Waals surface area contributed by atoms with Crippen LogP contribution in [0.4, 0.5) is 0 Å². The smallest absolute Gasteiger partial charge is 0.302 e. The average Bonchev–Trinajstić information content (AvgIpc) is 2.26. The topological polar surface area (TPSA) is 26.3 Å². The molecule has 0 heterocycles. The number of rotatable bonds is 4. The zero-order valence-electron chi connectivity index (χ0n) is 10.1. The number of carbonyl (C=O) groups is 1. The Bertz CT molecular complexity index is 364. The number of benzene rings is 1. The van der Waals surface area contributed by atoms with Crippen molar-refractivity contribution in [3.63, 3.8) is 0 Å². The van der Waals surface area contributed by atoms with E-state index in [1.807, 2.05) is 50.3 Å². The fraction of sp³-hybridized carbons (Fsp3) is 0.357. The van der Waals surface area contributed by atoms with Gasteiger partial charge in [0, 0.05) is 12.3 Å². The van der Waals surface area contributed by atoms with Crippen molar-refractivity contribution in [2.24, 2.45) is 5.41 Å². The molecule has 86 valence electrons. The SMILES string of the molecule is CC(=O)OCC(C)(C)/C=C\c1ccccc1. The highest BCUT2D eigenvalue weighted by molar-refractivity contribution is 5.66. The molecule has 0 aliphatic rings. The lowest BCUT2D eigenvalue weighted by atomic mass is 9.93. The second-order valence-electron chi connectivity index (χ2n) is 4.51. The highest BCUT2D eigenvalue weighted by Gasteiger charge is 2.15. The molecule has 0 aliphatic heterocycles. The lowest BCUT2D eigenvalue weighted by molar-refractivity contribution is -0.143. The van der Waals surface area contributed by atoms with Gasteiger partial charge in [0.1, 0.15) is 0 Å². The summed E-state index contributed by atoms with van der Waals surface area (Å²) in [7, 11) is 0. The molecule has 0 aromatic heterocycles. The van der Waals surface area contributed by atoms with E-state index >= 15 is 0 Å². The first-order valence-corrected chi connectivity index (χ1v) is 5.37. The molecule has 0 saturated heterocycles. The van der Waals surface area contributed by atoms with Gasteiger partial charge in [0.25, 0.3) is 0 Å². The summed E-state index contributed by atoms with van der Waals surface area (Å²) in [6.07, 6.45) is 4.11. The van der Waals surface area contributed by atoms with Crippen LogP contribution in [0.2, 0.25) is 0 Å². The molecule has 0 bridgehead atoms.